The standard InChI is InChI=1S/C22H31N3O/c1-15-12-16(2)21(17(3)13-15)23-22(26)18(4)25(7)14-19-8-10-20(11-9-19)24(5)6/h8-13,18H,14H2,1-7H3,(H,23,26)/t18-/m1/s1. The number of amides is 1. The molecule has 140 valence electrons. The van der Waals surface area contributed by atoms with Gasteiger partial charge < -0.3 is 10.2 Å². The average Bonchev–Trinajstić information content (AvgIpc) is 2.57. The number of anilines is 2. The summed E-state index contributed by atoms with van der Waals surface area (Å²) < 4.78 is 0. The molecule has 0 unspecified atom stereocenters. The molecule has 2 rings (SSSR count). The topological polar surface area (TPSA) is 35.6 Å². The van der Waals surface area contributed by atoms with Crippen LogP contribution in [0.5, 0.6) is 0 Å². The van der Waals surface area contributed by atoms with E-state index in [0.29, 0.717) is 0 Å². The number of likely N-dealkylation sites (N-methyl/N-ethyl adjacent to an activating group) is 1. The first-order valence-corrected chi connectivity index (χ1v) is 9.04. The van der Waals surface area contributed by atoms with Crippen molar-refractivity contribution in [3.63, 3.8) is 0 Å². The van der Waals surface area contributed by atoms with Crippen molar-refractivity contribution >= 4 is 17.3 Å². The molecule has 0 aliphatic carbocycles. The van der Waals surface area contributed by atoms with Crippen LogP contribution in [0.2, 0.25) is 0 Å². The number of hydrogen-bond donors (Lipinski definition) is 1. The molecule has 0 saturated carbocycles. The second kappa shape index (κ2) is 8.37. The van der Waals surface area contributed by atoms with E-state index < -0.39 is 0 Å². The Morgan fingerprint density at radius 3 is 2.04 bits per heavy atom. The van der Waals surface area contributed by atoms with Gasteiger partial charge in [0, 0.05) is 32.0 Å². The molecule has 0 bridgehead atoms. The molecule has 0 aliphatic rings. The number of nitrogens with one attached hydrogen (secondary N) is 1. The Hall–Kier alpha value is -2.33. The molecule has 2 aromatic rings. The van der Waals surface area contributed by atoms with Crippen molar-refractivity contribution in [3.8, 4) is 0 Å². The van der Waals surface area contributed by atoms with Crippen LogP contribution in [-0.4, -0.2) is 38.0 Å². The SMILES string of the molecule is Cc1cc(C)c(NC(=O)[C@@H](C)N(C)Cc2ccc(N(C)C)cc2)c(C)c1. The van der Waals surface area contributed by atoms with Gasteiger partial charge in [-0.3, -0.25) is 9.69 Å². The van der Waals surface area contributed by atoms with E-state index in [0.717, 1.165) is 23.4 Å². The van der Waals surface area contributed by atoms with Gasteiger partial charge in [0.1, 0.15) is 0 Å². The molecule has 1 N–H and O–H groups in total. The van der Waals surface area contributed by atoms with Crippen molar-refractivity contribution in [1.29, 1.82) is 0 Å². The number of aryl methyl sites for hydroxylation is 3. The second-order valence-electron chi connectivity index (χ2n) is 7.41. The molecule has 4 nitrogen and oxygen atoms in total. The molecular formula is C22H31N3O. The minimum Gasteiger partial charge on any atom is -0.378 e. The van der Waals surface area contributed by atoms with Crippen LogP contribution in [-0.2, 0) is 11.3 Å². The molecule has 26 heavy (non-hydrogen) atoms. The summed E-state index contributed by atoms with van der Waals surface area (Å²) in [6.07, 6.45) is 0. The first kappa shape index (κ1) is 20.0. The van der Waals surface area contributed by atoms with Gasteiger partial charge in [-0.2, -0.15) is 0 Å². The predicted molar refractivity (Wildman–Crippen MR) is 111 cm³/mol. The molecule has 0 saturated heterocycles. The Morgan fingerprint density at radius 1 is 1.00 bits per heavy atom. The van der Waals surface area contributed by atoms with Gasteiger partial charge in [-0.1, -0.05) is 29.8 Å². The Kier molecular flexibility index (Phi) is 6.43. The second-order valence-corrected chi connectivity index (χ2v) is 7.41. The lowest BCUT2D eigenvalue weighted by atomic mass is 10.0. The largest absolute Gasteiger partial charge is 0.378 e. The minimum absolute atomic E-state index is 0.0208. The third-order valence-electron chi connectivity index (χ3n) is 4.85. The van der Waals surface area contributed by atoms with Crippen LogP contribution < -0.4 is 10.2 Å². The fourth-order valence-corrected chi connectivity index (χ4v) is 3.13. The predicted octanol–water partition coefficient (Wildman–Crippen LogP) is 4.14. The summed E-state index contributed by atoms with van der Waals surface area (Å²) in [4.78, 5) is 16.9. The lowest BCUT2D eigenvalue weighted by Gasteiger charge is -2.25. The Balaban J connectivity index is 2.03. The van der Waals surface area contributed by atoms with Crippen LogP contribution >= 0.6 is 0 Å². The zero-order valence-electron chi connectivity index (χ0n) is 17.1. The lowest BCUT2D eigenvalue weighted by Crippen LogP contribution is -2.39. The summed E-state index contributed by atoms with van der Waals surface area (Å²) >= 11 is 0. The van der Waals surface area contributed by atoms with Gasteiger partial charge in [0.2, 0.25) is 5.91 Å². The van der Waals surface area contributed by atoms with Gasteiger partial charge in [0.25, 0.3) is 0 Å². The molecule has 2 aromatic carbocycles. The average molecular weight is 354 g/mol. The molecular weight excluding hydrogens is 322 g/mol. The summed E-state index contributed by atoms with van der Waals surface area (Å²) in [6.45, 7) is 8.83. The van der Waals surface area contributed by atoms with E-state index >= 15 is 0 Å². The molecule has 1 amide bonds. The van der Waals surface area contributed by atoms with E-state index in [4.69, 9.17) is 0 Å². The molecule has 0 aliphatic heterocycles. The Labute approximate surface area is 157 Å². The summed E-state index contributed by atoms with van der Waals surface area (Å²) in [6, 6.07) is 12.4. The van der Waals surface area contributed by atoms with Crippen LogP contribution in [0, 0.1) is 20.8 Å². The molecule has 0 aromatic heterocycles. The maximum Gasteiger partial charge on any atom is 0.241 e. The normalized spacial score (nSPS) is 12.2. The third kappa shape index (κ3) is 4.85. The Bertz CT molecular complexity index is 742. The smallest absolute Gasteiger partial charge is 0.241 e. The van der Waals surface area contributed by atoms with Crippen molar-refractivity contribution in [2.24, 2.45) is 0 Å². The van der Waals surface area contributed by atoms with Gasteiger partial charge >= 0.3 is 0 Å². The van der Waals surface area contributed by atoms with Crippen LogP contribution in [0.4, 0.5) is 11.4 Å². The van der Waals surface area contributed by atoms with Gasteiger partial charge in [-0.15, -0.1) is 0 Å². The summed E-state index contributed by atoms with van der Waals surface area (Å²) in [5.41, 5.74) is 6.71. The van der Waals surface area contributed by atoms with Crippen molar-refractivity contribution in [2.45, 2.75) is 40.3 Å². The summed E-state index contributed by atoms with van der Waals surface area (Å²) in [5, 5.41) is 3.11. The highest BCUT2D eigenvalue weighted by Crippen LogP contribution is 2.22. The van der Waals surface area contributed by atoms with Gasteiger partial charge in [-0.25, -0.2) is 0 Å². The van der Waals surface area contributed by atoms with Crippen molar-refractivity contribution in [3.05, 3.63) is 58.7 Å². The third-order valence-corrected chi connectivity index (χ3v) is 4.85. The van der Waals surface area contributed by atoms with Crippen molar-refractivity contribution in [2.75, 3.05) is 31.4 Å². The first-order chi connectivity index (χ1) is 12.2. The highest BCUT2D eigenvalue weighted by atomic mass is 16.2. The van der Waals surface area contributed by atoms with E-state index in [1.165, 1.54) is 16.8 Å². The van der Waals surface area contributed by atoms with E-state index in [9.17, 15) is 4.79 Å². The van der Waals surface area contributed by atoms with E-state index in [-0.39, 0.29) is 11.9 Å². The number of benzene rings is 2. The van der Waals surface area contributed by atoms with E-state index in [2.05, 4.69) is 58.4 Å². The fourth-order valence-electron chi connectivity index (χ4n) is 3.13. The molecule has 1 atom stereocenters. The fraction of sp³-hybridized carbons (Fsp3) is 0.409. The number of carbonyl (C=O) groups is 1. The number of rotatable bonds is 6. The first-order valence-electron chi connectivity index (χ1n) is 9.04. The van der Waals surface area contributed by atoms with Crippen molar-refractivity contribution in [1.82, 2.24) is 4.90 Å². The van der Waals surface area contributed by atoms with Gasteiger partial charge in [0.05, 0.1) is 6.04 Å². The monoisotopic (exact) mass is 353 g/mol. The summed E-state index contributed by atoms with van der Waals surface area (Å²) in [7, 11) is 6.05. The number of nitrogens with zero attached hydrogens (tertiary/aromatic N) is 2. The van der Waals surface area contributed by atoms with Crippen LogP contribution in [0.1, 0.15) is 29.2 Å². The molecule has 4 heteroatoms. The quantitative estimate of drug-likeness (QED) is 0.848. The zero-order chi connectivity index (χ0) is 19.4. The van der Waals surface area contributed by atoms with Crippen LogP contribution in [0.3, 0.4) is 0 Å². The van der Waals surface area contributed by atoms with Crippen LogP contribution in [0.15, 0.2) is 36.4 Å². The molecule has 0 fully saturated rings. The van der Waals surface area contributed by atoms with E-state index in [1.807, 2.05) is 41.9 Å². The minimum atomic E-state index is -0.219. The molecule has 0 heterocycles. The maximum absolute atomic E-state index is 12.7. The van der Waals surface area contributed by atoms with Crippen LogP contribution in [0.25, 0.3) is 0 Å². The zero-order valence-corrected chi connectivity index (χ0v) is 17.1. The van der Waals surface area contributed by atoms with Gasteiger partial charge in [0.15, 0.2) is 0 Å². The summed E-state index contributed by atoms with van der Waals surface area (Å²) in [5.74, 6) is 0.0208. The highest BCUT2D eigenvalue weighted by Gasteiger charge is 2.19. The number of hydrogen-bond acceptors (Lipinski definition) is 3. The molecule has 0 radical (unpaired) electrons. The number of carbonyl (C=O) groups excluding carboxylic acids is 1. The highest BCUT2D eigenvalue weighted by molar-refractivity contribution is 5.95. The van der Waals surface area contributed by atoms with Gasteiger partial charge in [-0.05, 0) is 63.6 Å². The maximum atomic E-state index is 12.7. The van der Waals surface area contributed by atoms with Crippen molar-refractivity contribution < 1.29 is 4.79 Å². The molecule has 0 spiro atoms. The lowest BCUT2D eigenvalue weighted by molar-refractivity contribution is -0.120. The van der Waals surface area contributed by atoms with E-state index in [1.54, 1.807) is 0 Å². The Morgan fingerprint density at radius 2 is 1.54 bits per heavy atom.